The molecule has 1 aliphatic rings. The van der Waals surface area contributed by atoms with Crippen molar-refractivity contribution >= 4 is 16.5 Å². The maximum Gasteiger partial charge on any atom is 0.127 e. The average molecular weight is 243 g/mol. The monoisotopic (exact) mass is 243 g/mol. The van der Waals surface area contributed by atoms with Gasteiger partial charge in [-0.25, -0.2) is 4.39 Å². The summed E-state index contributed by atoms with van der Waals surface area (Å²) in [6.45, 7) is 2.10. The van der Waals surface area contributed by atoms with E-state index in [1.54, 1.807) is 6.07 Å². The van der Waals surface area contributed by atoms with Gasteiger partial charge in [-0.1, -0.05) is 13.0 Å². The van der Waals surface area contributed by atoms with Gasteiger partial charge in [-0.2, -0.15) is 0 Å². The van der Waals surface area contributed by atoms with Gasteiger partial charge in [0, 0.05) is 5.69 Å². The molecule has 0 saturated heterocycles. The van der Waals surface area contributed by atoms with Crippen LogP contribution in [0.4, 0.5) is 10.1 Å². The van der Waals surface area contributed by atoms with Crippen LogP contribution in [0.5, 0.6) is 0 Å². The highest BCUT2D eigenvalue weighted by atomic mass is 19.1. The summed E-state index contributed by atoms with van der Waals surface area (Å²) in [4.78, 5) is 0. The van der Waals surface area contributed by atoms with Crippen LogP contribution in [0.2, 0.25) is 0 Å². The molecule has 18 heavy (non-hydrogen) atoms. The lowest BCUT2D eigenvalue weighted by Gasteiger charge is -2.13. The number of aryl methyl sites for hydroxylation is 1. The second-order valence-electron chi connectivity index (χ2n) is 5.31. The summed E-state index contributed by atoms with van der Waals surface area (Å²) in [5.41, 5.74) is 8.74. The summed E-state index contributed by atoms with van der Waals surface area (Å²) in [7, 11) is 0. The lowest BCUT2D eigenvalue weighted by molar-refractivity contribution is 0.605. The molecule has 1 fully saturated rings. The number of hydrogen-bond donors (Lipinski definition) is 1. The Balaban J connectivity index is 2.26. The topological polar surface area (TPSA) is 26.0 Å². The Labute approximate surface area is 107 Å². The first-order chi connectivity index (χ1) is 8.69. The van der Waals surface area contributed by atoms with E-state index in [4.69, 9.17) is 5.73 Å². The molecule has 0 radical (unpaired) electrons. The van der Waals surface area contributed by atoms with Crippen molar-refractivity contribution in [3.8, 4) is 0 Å². The van der Waals surface area contributed by atoms with Gasteiger partial charge in [0.1, 0.15) is 5.82 Å². The van der Waals surface area contributed by atoms with Gasteiger partial charge in [0.05, 0.1) is 0 Å². The number of hydrogen-bond acceptors (Lipinski definition) is 1. The predicted molar refractivity (Wildman–Crippen MR) is 74.1 cm³/mol. The lowest BCUT2D eigenvalue weighted by atomic mass is 9.94. The summed E-state index contributed by atoms with van der Waals surface area (Å²) in [6, 6.07) is 7.36. The minimum Gasteiger partial charge on any atom is -0.399 e. The Hall–Kier alpha value is -1.57. The van der Waals surface area contributed by atoms with Gasteiger partial charge in [-0.3, -0.25) is 0 Å². The summed E-state index contributed by atoms with van der Waals surface area (Å²) in [5, 5.41) is 2.17. The van der Waals surface area contributed by atoms with Crippen LogP contribution in [0.25, 0.3) is 10.8 Å². The molecular formula is C16H18FN. The minimum absolute atomic E-state index is 0.0612. The van der Waals surface area contributed by atoms with E-state index in [1.165, 1.54) is 18.4 Å². The molecule has 0 heterocycles. The van der Waals surface area contributed by atoms with Crippen molar-refractivity contribution in [3.05, 3.63) is 41.2 Å². The summed E-state index contributed by atoms with van der Waals surface area (Å²) < 4.78 is 14.1. The molecule has 2 heteroatoms. The van der Waals surface area contributed by atoms with Crippen LogP contribution in [0, 0.1) is 11.7 Å². The minimum atomic E-state index is -0.0612. The van der Waals surface area contributed by atoms with Crippen molar-refractivity contribution in [2.24, 2.45) is 5.92 Å². The Morgan fingerprint density at radius 1 is 1.28 bits per heavy atom. The second-order valence-corrected chi connectivity index (χ2v) is 5.31. The maximum atomic E-state index is 14.1. The molecule has 0 aliphatic heterocycles. The van der Waals surface area contributed by atoms with E-state index in [1.807, 2.05) is 18.2 Å². The Kier molecular flexibility index (Phi) is 2.73. The van der Waals surface area contributed by atoms with Crippen LogP contribution in [0.15, 0.2) is 24.3 Å². The van der Waals surface area contributed by atoms with Gasteiger partial charge in [0.2, 0.25) is 0 Å². The number of benzene rings is 2. The van der Waals surface area contributed by atoms with E-state index < -0.39 is 0 Å². The third-order valence-corrected chi connectivity index (χ3v) is 3.84. The fourth-order valence-electron chi connectivity index (χ4n) is 2.72. The molecule has 0 aromatic heterocycles. The molecule has 1 saturated carbocycles. The molecule has 0 unspecified atom stereocenters. The van der Waals surface area contributed by atoms with Crippen LogP contribution < -0.4 is 5.73 Å². The van der Waals surface area contributed by atoms with Gasteiger partial charge in [0.15, 0.2) is 0 Å². The summed E-state index contributed by atoms with van der Waals surface area (Å²) >= 11 is 0. The number of rotatable bonds is 3. The number of fused-ring (bicyclic) bond motifs is 1. The molecule has 2 aromatic carbocycles. The zero-order chi connectivity index (χ0) is 12.7. The Morgan fingerprint density at radius 2 is 2.06 bits per heavy atom. The average Bonchev–Trinajstić information content (AvgIpc) is 3.15. The van der Waals surface area contributed by atoms with Crippen LogP contribution >= 0.6 is 0 Å². The molecule has 0 atom stereocenters. The second kappa shape index (κ2) is 4.27. The van der Waals surface area contributed by atoms with Gasteiger partial charge < -0.3 is 5.73 Å². The standard InChI is InChI=1S/C16H18FN/c1-2-11-8-13(18)9-12-5-6-15(17)14(16(11)12)7-10-3-4-10/h5-6,8-10H,2-4,7,18H2,1H3. The molecule has 1 nitrogen and oxygen atoms in total. The van der Waals surface area contributed by atoms with E-state index in [-0.39, 0.29) is 5.82 Å². The van der Waals surface area contributed by atoms with Crippen molar-refractivity contribution in [3.63, 3.8) is 0 Å². The van der Waals surface area contributed by atoms with Crippen LogP contribution in [-0.4, -0.2) is 0 Å². The van der Waals surface area contributed by atoms with Crippen molar-refractivity contribution in [2.75, 3.05) is 5.73 Å². The SMILES string of the molecule is CCc1cc(N)cc2ccc(F)c(CC3CC3)c12. The van der Waals surface area contributed by atoms with E-state index >= 15 is 0 Å². The fraction of sp³-hybridized carbons (Fsp3) is 0.375. The zero-order valence-corrected chi connectivity index (χ0v) is 10.7. The van der Waals surface area contributed by atoms with Gasteiger partial charge in [-0.05, 0) is 71.7 Å². The van der Waals surface area contributed by atoms with E-state index in [0.717, 1.165) is 34.9 Å². The molecule has 3 rings (SSSR count). The first kappa shape index (κ1) is 11.5. The van der Waals surface area contributed by atoms with Crippen molar-refractivity contribution in [1.29, 1.82) is 0 Å². The number of nitrogens with two attached hydrogens (primary N) is 1. The highest BCUT2D eigenvalue weighted by Gasteiger charge is 2.24. The molecule has 0 bridgehead atoms. The molecular weight excluding hydrogens is 225 g/mol. The van der Waals surface area contributed by atoms with Gasteiger partial charge in [0.25, 0.3) is 0 Å². The highest BCUT2D eigenvalue weighted by molar-refractivity contribution is 5.91. The molecule has 94 valence electrons. The predicted octanol–water partition coefficient (Wildman–Crippen LogP) is 4.08. The zero-order valence-electron chi connectivity index (χ0n) is 10.7. The van der Waals surface area contributed by atoms with Crippen LogP contribution in [-0.2, 0) is 12.8 Å². The van der Waals surface area contributed by atoms with Crippen molar-refractivity contribution in [2.45, 2.75) is 32.6 Å². The summed E-state index contributed by atoms with van der Waals surface area (Å²) in [6.07, 6.45) is 4.25. The fourth-order valence-corrected chi connectivity index (χ4v) is 2.72. The van der Waals surface area contributed by atoms with Crippen LogP contribution in [0.3, 0.4) is 0 Å². The maximum absolute atomic E-state index is 14.1. The largest absolute Gasteiger partial charge is 0.399 e. The smallest absolute Gasteiger partial charge is 0.127 e. The van der Waals surface area contributed by atoms with E-state index in [0.29, 0.717) is 5.92 Å². The van der Waals surface area contributed by atoms with E-state index in [9.17, 15) is 4.39 Å². The number of nitrogen functional groups attached to an aromatic ring is 1. The highest BCUT2D eigenvalue weighted by Crippen LogP contribution is 2.37. The van der Waals surface area contributed by atoms with Gasteiger partial charge in [-0.15, -0.1) is 0 Å². The van der Waals surface area contributed by atoms with Crippen molar-refractivity contribution < 1.29 is 4.39 Å². The van der Waals surface area contributed by atoms with Crippen molar-refractivity contribution in [1.82, 2.24) is 0 Å². The molecule has 0 spiro atoms. The molecule has 2 N–H and O–H groups in total. The third-order valence-electron chi connectivity index (χ3n) is 3.84. The summed E-state index contributed by atoms with van der Waals surface area (Å²) in [5.74, 6) is 0.626. The lowest BCUT2D eigenvalue weighted by Crippen LogP contribution is -1.99. The number of halogens is 1. The Morgan fingerprint density at radius 3 is 2.72 bits per heavy atom. The first-order valence-corrected chi connectivity index (χ1v) is 6.68. The Bertz CT molecular complexity index is 600. The molecule has 2 aromatic rings. The van der Waals surface area contributed by atoms with Crippen LogP contribution in [0.1, 0.15) is 30.9 Å². The number of anilines is 1. The molecule has 0 amide bonds. The van der Waals surface area contributed by atoms with E-state index in [2.05, 4.69) is 6.92 Å². The van der Waals surface area contributed by atoms with Gasteiger partial charge >= 0.3 is 0 Å². The first-order valence-electron chi connectivity index (χ1n) is 6.68. The quantitative estimate of drug-likeness (QED) is 0.808. The normalized spacial score (nSPS) is 15.2. The third kappa shape index (κ3) is 1.96. The molecule has 1 aliphatic carbocycles.